The Kier molecular flexibility index (Phi) is 8.14. The number of alkyl carbamates (subject to hydrolysis) is 1. The van der Waals surface area contributed by atoms with Crippen LogP contribution in [0.5, 0.6) is 0 Å². The van der Waals surface area contributed by atoms with Crippen molar-refractivity contribution in [2.24, 2.45) is 0 Å². The van der Waals surface area contributed by atoms with Gasteiger partial charge in [-0.15, -0.1) is 0 Å². The molecule has 0 aliphatic carbocycles. The summed E-state index contributed by atoms with van der Waals surface area (Å²) < 4.78 is 41.0. The van der Waals surface area contributed by atoms with Gasteiger partial charge in [0.2, 0.25) is 0 Å². The molecule has 0 rings (SSSR count). The number of methoxy groups -OCH3 is 2. The molecule has 0 aromatic heterocycles. The lowest BCUT2D eigenvalue weighted by molar-refractivity contribution is -0.151. The molecule has 11 heteroatoms. The van der Waals surface area contributed by atoms with E-state index in [0.717, 1.165) is 20.5 Å². The first-order chi connectivity index (χ1) is 10.8. The van der Waals surface area contributed by atoms with Crippen LogP contribution in [0.4, 0.5) is 4.79 Å². The van der Waals surface area contributed by atoms with Crippen LogP contribution in [0.2, 0.25) is 0 Å². The molecule has 140 valence electrons. The van der Waals surface area contributed by atoms with Gasteiger partial charge in [-0.2, -0.15) is 8.42 Å². The Labute approximate surface area is 140 Å². The van der Waals surface area contributed by atoms with Gasteiger partial charge in [-0.25, -0.2) is 14.4 Å². The topological polar surface area (TPSA) is 134 Å². The molecule has 1 N–H and O–H groups in total. The van der Waals surface area contributed by atoms with Crippen molar-refractivity contribution < 1.29 is 41.2 Å². The van der Waals surface area contributed by atoms with Crippen molar-refractivity contribution in [1.82, 2.24) is 5.32 Å². The Hall–Kier alpha value is -1.88. The average molecular weight is 369 g/mol. The van der Waals surface area contributed by atoms with Crippen molar-refractivity contribution in [3.05, 3.63) is 0 Å². The molecule has 0 aromatic rings. The summed E-state index contributed by atoms with van der Waals surface area (Å²) in [4.78, 5) is 35.2. The third-order valence-electron chi connectivity index (χ3n) is 2.38. The SMILES string of the molecule is COC(=O)[C@H](C[C@@H](NC(=O)OC(C)(C)C)C(=O)OC)OS(C)(=O)=O. The van der Waals surface area contributed by atoms with Crippen molar-refractivity contribution in [2.45, 2.75) is 44.9 Å². The first kappa shape index (κ1) is 22.1. The molecule has 0 aromatic carbocycles. The summed E-state index contributed by atoms with van der Waals surface area (Å²) in [7, 11) is -1.92. The van der Waals surface area contributed by atoms with Crippen molar-refractivity contribution in [3.63, 3.8) is 0 Å². The molecule has 0 aliphatic rings. The Bertz CT molecular complexity index is 564. The normalized spacial score (nSPS) is 14.2. The fraction of sp³-hybridized carbons (Fsp3) is 0.769. The highest BCUT2D eigenvalue weighted by molar-refractivity contribution is 7.86. The largest absolute Gasteiger partial charge is 0.467 e. The van der Waals surface area contributed by atoms with E-state index in [1.807, 2.05) is 0 Å². The highest BCUT2D eigenvalue weighted by Crippen LogP contribution is 2.12. The Morgan fingerprint density at radius 1 is 1.04 bits per heavy atom. The van der Waals surface area contributed by atoms with Crippen LogP contribution in [-0.4, -0.2) is 64.7 Å². The standard InChI is InChI=1S/C13H23NO9S/c1-13(2,3)22-12(17)14-8(10(15)20-4)7-9(11(16)21-5)23-24(6,18)19/h8-9H,7H2,1-6H3,(H,14,17)/t8-,9+/m1/s1. The van der Waals surface area contributed by atoms with Crippen molar-refractivity contribution >= 4 is 28.1 Å². The lowest BCUT2D eigenvalue weighted by Gasteiger charge is -2.24. The summed E-state index contributed by atoms with van der Waals surface area (Å²) >= 11 is 0. The number of hydrogen-bond donors (Lipinski definition) is 1. The number of rotatable bonds is 7. The van der Waals surface area contributed by atoms with E-state index >= 15 is 0 Å². The monoisotopic (exact) mass is 369 g/mol. The van der Waals surface area contributed by atoms with Crippen molar-refractivity contribution in [2.75, 3.05) is 20.5 Å². The third kappa shape index (κ3) is 9.30. The van der Waals surface area contributed by atoms with Gasteiger partial charge in [0.25, 0.3) is 10.1 Å². The van der Waals surface area contributed by atoms with E-state index in [0.29, 0.717) is 0 Å². The second-order valence-corrected chi connectivity index (χ2v) is 7.37. The highest BCUT2D eigenvalue weighted by atomic mass is 32.2. The number of nitrogens with one attached hydrogen (secondary N) is 1. The molecular weight excluding hydrogens is 346 g/mol. The maximum absolute atomic E-state index is 11.8. The van der Waals surface area contributed by atoms with E-state index in [-0.39, 0.29) is 0 Å². The van der Waals surface area contributed by atoms with E-state index < -0.39 is 52.3 Å². The number of amides is 1. The van der Waals surface area contributed by atoms with Gasteiger partial charge in [0.15, 0.2) is 6.10 Å². The molecule has 0 radical (unpaired) electrons. The molecular formula is C13H23NO9S. The predicted octanol–water partition coefficient (Wildman–Crippen LogP) is -0.0394. The molecule has 0 aliphatic heterocycles. The summed E-state index contributed by atoms with van der Waals surface area (Å²) in [6.07, 6.45) is -2.37. The van der Waals surface area contributed by atoms with Crippen LogP contribution in [-0.2, 0) is 38.1 Å². The molecule has 2 atom stereocenters. The minimum atomic E-state index is -4.01. The molecule has 24 heavy (non-hydrogen) atoms. The number of esters is 2. The minimum absolute atomic E-state index is 0.522. The zero-order valence-corrected chi connectivity index (χ0v) is 15.3. The van der Waals surface area contributed by atoms with Crippen LogP contribution in [0.1, 0.15) is 27.2 Å². The summed E-state index contributed by atoms with van der Waals surface area (Å²) in [5.41, 5.74) is -0.824. The maximum atomic E-state index is 11.8. The van der Waals surface area contributed by atoms with E-state index in [1.54, 1.807) is 20.8 Å². The zero-order chi connectivity index (χ0) is 19.1. The number of hydrogen-bond acceptors (Lipinski definition) is 9. The van der Waals surface area contributed by atoms with Gasteiger partial charge in [-0.1, -0.05) is 0 Å². The number of carbonyl (C=O) groups excluding carboxylic acids is 3. The molecule has 10 nitrogen and oxygen atoms in total. The smallest absolute Gasteiger partial charge is 0.408 e. The second-order valence-electron chi connectivity index (χ2n) is 5.77. The highest BCUT2D eigenvalue weighted by Gasteiger charge is 2.34. The average Bonchev–Trinajstić information content (AvgIpc) is 2.40. The van der Waals surface area contributed by atoms with Gasteiger partial charge in [-0.3, -0.25) is 4.18 Å². The first-order valence-corrected chi connectivity index (χ1v) is 8.64. The Morgan fingerprint density at radius 2 is 1.54 bits per heavy atom. The molecule has 0 fully saturated rings. The van der Waals surface area contributed by atoms with E-state index in [2.05, 4.69) is 19.0 Å². The quantitative estimate of drug-likeness (QED) is 0.372. The van der Waals surface area contributed by atoms with Gasteiger partial charge in [0.1, 0.15) is 11.6 Å². The van der Waals surface area contributed by atoms with Crippen LogP contribution in [0.15, 0.2) is 0 Å². The van der Waals surface area contributed by atoms with Crippen molar-refractivity contribution in [3.8, 4) is 0 Å². The summed E-state index contributed by atoms with van der Waals surface area (Å²) in [5, 5.41) is 2.20. The third-order valence-corrected chi connectivity index (χ3v) is 2.96. The van der Waals surface area contributed by atoms with Gasteiger partial charge in [-0.05, 0) is 20.8 Å². The van der Waals surface area contributed by atoms with Gasteiger partial charge in [0.05, 0.1) is 20.5 Å². The first-order valence-electron chi connectivity index (χ1n) is 6.82. The molecule has 0 unspecified atom stereocenters. The lowest BCUT2D eigenvalue weighted by atomic mass is 10.1. The summed E-state index contributed by atoms with van der Waals surface area (Å²) in [6, 6.07) is -1.38. The molecule has 1 amide bonds. The zero-order valence-electron chi connectivity index (χ0n) is 14.4. The van der Waals surface area contributed by atoms with Crippen LogP contribution < -0.4 is 5.32 Å². The van der Waals surface area contributed by atoms with E-state index in [1.165, 1.54) is 0 Å². The van der Waals surface area contributed by atoms with Crippen LogP contribution >= 0.6 is 0 Å². The van der Waals surface area contributed by atoms with Crippen molar-refractivity contribution in [1.29, 1.82) is 0 Å². The molecule has 0 bridgehead atoms. The summed E-state index contributed by atoms with van der Waals surface area (Å²) in [6.45, 7) is 4.84. The Balaban J connectivity index is 5.24. The van der Waals surface area contributed by atoms with Gasteiger partial charge in [0, 0.05) is 6.42 Å². The second kappa shape index (κ2) is 8.83. The Morgan fingerprint density at radius 3 is 1.92 bits per heavy atom. The fourth-order valence-corrected chi connectivity index (χ4v) is 2.12. The van der Waals surface area contributed by atoms with Crippen LogP contribution in [0.3, 0.4) is 0 Å². The van der Waals surface area contributed by atoms with Crippen LogP contribution in [0.25, 0.3) is 0 Å². The van der Waals surface area contributed by atoms with Crippen LogP contribution in [0, 0.1) is 0 Å². The lowest BCUT2D eigenvalue weighted by Crippen LogP contribution is -2.47. The van der Waals surface area contributed by atoms with E-state index in [9.17, 15) is 22.8 Å². The molecule has 0 saturated carbocycles. The molecule has 0 saturated heterocycles. The summed E-state index contributed by atoms with van der Waals surface area (Å²) in [5.74, 6) is -1.94. The predicted molar refractivity (Wildman–Crippen MR) is 81.5 cm³/mol. The fourth-order valence-electron chi connectivity index (χ4n) is 1.54. The van der Waals surface area contributed by atoms with Gasteiger partial charge >= 0.3 is 18.0 Å². The minimum Gasteiger partial charge on any atom is -0.467 e. The number of ether oxygens (including phenoxy) is 3. The maximum Gasteiger partial charge on any atom is 0.408 e. The molecule has 0 spiro atoms. The molecule has 0 heterocycles. The number of carbonyl (C=O) groups is 3. The van der Waals surface area contributed by atoms with E-state index in [4.69, 9.17) is 4.74 Å². The van der Waals surface area contributed by atoms with Gasteiger partial charge < -0.3 is 19.5 Å².